The van der Waals surface area contributed by atoms with Crippen molar-refractivity contribution in [1.82, 2.24) is 0 Å². The zero-order valence-corrected chi connectivity index (χ0v) is 9.49. The number of halogens is 2. The first-order valence-corrected chi connectivity index (χ1v) is 4.71. The first-order valence-electron chi connectivity index (χ1n) is 2.40. The van der Waals surface area contributed by atoms with E-state index in [2.05, 4.69) is 18.7 Å². The molecule has 0 bridgehead atoms. The van der Waals surface area contributed by atoms with Crippen molar-refractivity contribution in [2.24, 2.45) is 5.73 Å². The van der Waals surface area contributed by atoms with Gasteiger partial charge in [-0.1, -0.05) is 21.4 Å². The van der Waals surface area contributed by atoms with Crippen molar-refractivity contribution in [3.8, 4) is 0 Å². The molecule has 2 N–H and O–H groups in total. The standard InChI is InChI=1S/C4H11N.2ClH.H3PS/c1-2-3-4-5;;;1-2/h2-5H2,1H3;2*1H;1H3. The molecular weight excluding hydrogens is 196 g/mol. The Kier molecular flexibility index (Phi) is 87.6. The minimum absolute atomic E-state index is 0. The maximum absolute atomic E-state index is 5.14. The number of hydrogen-bond acceptors (Lipinski definition) is 2. The van der Waals surface area contributed by atoms with Crippen molar-refractivity contribution in [2.75, 3.05) is 6.54 Å². The van der Waals surface area contributed by atoms with Crippen LogP contribution in [-0.2, 0) is 11.8 Å². The minimum Gasteiger partial charge on any atom is -0.330 e. The first kappa shape index (κ1) is 22.5. The summed E-state index contributed by atoms with van der Waals surface area (Å²) in [4.78, 5) is 0. The van der Waals surface area contributed by atoms with Crippen LogP contribution in [0.5, 0.6) is 0 Å². The number of rotatable bonds is 2. The summed E-state index contributed by atoms with van der Waals surface area (Å²) in [5.74, 6) is 0. The highest BCUT2D eigenvalue weighted by Gasteiger charge is 1.67. The van der Waals surface area contributed by atoms with Gasteiger partial charge in [-0.15, -0.1) is 36.6 Å². The van der Waals surface area contributed by atoms with Gasteiger partial charge in [0.1, 0.15) is 0 Å². The Morgan fingerprint density at radius 3 is 1.67 bits per heavy atom. The highest BCUT2D eigenvalue weighted by molar-refractivity contribution is 7.88. The molecule has 1 atom stereocenters. The van der Waals surface area contributed by atoms with E-state index in [1.807, 2.05) is 0 Å². The molecule has 0 fully saturated rings. The van der Waals surface area contributed by atoms with Gasteiger partial charge in [-0.2, -0.15) is 0 Å². The van der Waals surface area contributed by atoms with Crippen LogP contribution in [0, 0.1) is 0 Å². The van der Waals surface area contributed by atoms with Gasteiger partial charge in [-0.3, -0.25) is 0 Å². The summed E-state index contributed by atoms with van der Waals surface area (Å²) in [6.45, 7) is 2.98. The Hall–Kier alpha value is 1.19. The number of hydrogen-bond donors (Lipinski definition) is 1. The fourth-order valence-corrected chi connectivity index (χ4v) is 0.204. The van der Waals surface area contributed by atoms with E-state index in [4.69, 9.17) is 5.73 Å². The molecule has 5 heteroatoms. The van der Waals surface area contributed by atoms with Gasteiger partial charge in [0.2, 0.25) is 0 Å². The molecule has 0 aliphatic rings. The molecule has 0 aliphatic heterocycles. The molecule has 0 aliphatic carbocycles. The average Bonchev–Trinajstić information content (AvgIpc) is 1.75. The molecule has 62 valence electrons. The Labute approximate surface area is 76.9 Å². The third kappa shape index (κ3) is 46.7. The summed E-state index contributed by atoms with van der Waals surface area (Å²) in [6, 6.07) is 0. The first-order chi connectivity index (χ1) is 3.41. The molecule has 0 amide bonds. The minimum atomic E-state index is 0. The Balaban J connectivity index is -0.0000000286. The number of unbranched alkanes of at least 4 members (excludes halogenated alkanes) is 1. The van der Waals surface area contributed by atoms with E-state index in [1.165, 1.54) is 20.9 Å². The lowest BCUT2D eigenvalue weighted by molar-refractivity contribution is 0.807. The summed E-state index contributed by atoms with van der Waals surface area (Å²) < 4.78 is 0. The monoisotopic (exact) mass is 211 g/mol. The fraction of sp³-hybridized carbons (Fsp3) is 1.00. The quantitative estimate of drug-likeness (QED) is 0.704. The maximum Gasteiger partial charge on any atom is -0.00774 e. The lowest BCUT2D eigenvalue weighted by Crippen LogP contribution is -1.95. The molecule has 0 rings (SSSR count). The van der Waals surface area contributed by atoms with E-state index >= 15 is 0 Å². The average molecular weight is 212 g/mol. The molecule has 0 heterocycles. The highest BCUT2D eigenvalue weighted by Crippen LogP contribution is 1.77. The van der Waals surface area contributed by atoms with Crippen molar-refractivity contribution in [3.63, 3.8) is 0 Å². The van der Waals surface area contributed by atoms with E-state index in [0.29, 0.717) is 0 Å². The van der Waals surface area contributed by atoms with E-state index < -0.39 is 0 Å². The summed E-state index contributed by atoms with van der Waals surface area (Å²) >= 11 is 4.11. The Morgan fingerprint density at radius 2 is 1.67 bits per heavy atom. The van der Waals surface area contributed by atoms with Crippen LogP contribution in [0.2, 0.25) is 0 Å². The highest BCUT2D eigenvalue weighted by atomic mass is 35.5. The van der Waals surface area contributed by atoms with Gasteiger partial charge in [0.15, 0.2) is 0 Å². The van der Waals surface area contributed by atoms with Crippen LogP contribution in [-0.4, -0.2) is 6.54 Å². The predicted octanol–water partition coefficient (Wildman–Crippen LogP) is 1.64. The number of nitrogens with two attached hydrogens (primary N) is 1. The van der Waals surface area contributed by atoms with Crippen LogP contribution < -0.4 is 5.73 Å². The molecule has 0 aromatic carbocycles. The van der Waals surface area contributed by atoms with Crippen molar-refractivity contribution < 1.29 is 0 Å². The molecule has 0 aromatic heterocycles. The van der Waals surface area contributed by atoms with E-state index in [-0.39, 0.29) is 24.8 Å². The SMILES string of the molecule is CCCCN.Cl.Cl.[PH3]=S. The van der Waals surface area contributed by atoms with E-state index in [9.17, 15) is 0 Å². The maximum atomic E-state index is 5.14. The molecule has 0 spiro atoms. The summed E-state index contributed by atoms with van der Waals surface area (Å²) in [6.07, 6.45) is 2.39. The van der Waals surface area contributed by atoms with Crippen LogP contribution >= 0.6 is 32.8 Å². The largest absolute Gasteiger partial charge is 0.330 e. The van der Waals surface area contributed by atoms with Crippen molar-refractivity contribution in [3.05, 3.63) is 0 Å². The van der Waals surface area contributed by atoms with Gasteiger partial charge in [0, 0.05) is 0 Å². The summed E-state index contributed by atoms with van der Waals surface area (Å²) in [5.41, 5.74) is 5.14. The molecule has 0 saturated carbocycles. The second-order valence-corrected chi connectivity index (χ2v) is 1.14. The third-order valence-corrected chi connectivity index (χ3v) is 0.558. The van der Waals surface area contributed by atoms with Gasteiger partial charge in [0.05, 0.1) is 0 Å². The van der Waals surface area contributed by atoms with E-state index in [0.717, 1.165) is 6.54 Å². The molecule has 1 nitrogen and oxygen atoms in total. The van der Waals surface area contributed by atoms with Crippen molar-refractivity contribution in [2.45, 2.75) is 19.8 Å². The summed E-state index contributed by atoms with van der Waals surface area (Å²) in [5, 5.41) is 0. The Bertz CT molecular complexity index is 32.5. The molecule has 0 radical (unpaired) electrons. The van der Waals surface area contributed by atoms with Gasteiger partial charge in [-0.25, -0.2) is 0 Å². The third-order valence-electron chi connectivity index (χ3n) is 0.558. The lowest BCUT2D eigenvalue weighted by atomic mass is 10.3. The van der Waals surface area contributed by atoms with Gasteiger partial charge >= 0.3 is 0 Å². The van der Waals surface area contributed by atoms with Crippen LogP contribution in [0.4, 0.5) is 0 Å². The smallest absolute Gasteiger partial charge is 0.00774 e. The van der Waals surface area contributed by atoms with Crippen LogP contribution in [0.25, 0.3) is 0 Å². The fourth-order valence-electron chi connectivity index (χ4n) is 0.204. The van der Waals surface area contributed by atoms with Gasteiger partial charge in [-0.05, 0) is 13.0 Å². The molecule has 9 heavy (non-hydrogen) atoms. The molecular formula is C4H16Cl2NPS. The van der Waals surface area contributed by atoms with E-state index in [1.54, 1.807) is 0 Å². The van der Waals surface area contributed by atoms with Crippen LogP contribution in [0.15, 0.2) is 0 Å². The van der Waals surface area contributed by atoms with Crippen molar-refractivity contribution >= 4 is 44.6 Å². The van der Waals surface area contributed by atoms with Gasteiger partial charge < -0.3 is 5.73 Å². The second-order valence-electron chi connectivity index (χ2n) is 1.14. The van der Waals surface area contributed by atoms with Gasteiger partial charge in [0.25, 0.3) is 0 Å². The lowest BCUT2D eigenvalue weighted by Gasteiger charge is -1.80. The second kappa shape index (κ2) is 35.1. The topological polar surface area (TPSA) is 26.0 Å². The molecule has 0 saturated heterocycles. The Morgan fingerprint density at radius 1 is 1.33 bits per heavy atom. The normalized spacial score (nSPS) is 5.56. The van der Waals surface area contributed by atoms with Crippen LogP contribution in [0.3, 0.4) is 0 Å². The predicted molar refractivity (Wildman–Crippen MR) is 56.9 cm³/mol. The zero-order valence-electron chi connectivity index (χ0n) is 5.63. The molecule has 1 unspecified atom stereocenters. The zero-order chi connectivity index (χ0) is 6.12. The molecule has 0 aromatic rings. The summed E-state index contributed by atoms with van der Waals surface area (Å²) in [7, 11) is 1.44. The van der Waals surface area contributed by atoms with Crippen molar-refractivity contribution in [1.29, 1.82) is 0 Å². The van der Waals surface area contributed by atoms with Crippen LogP contribution in [0.1, 0.15) is 19.8 Å².